The lowest BCUT2D eigenvalue weighted by Gasteiger charge is -2.58. The van der Waals surface area contributed by atoms with Crippen LogP contribution in [-0.2, 0) is 33.2 Å². The number of allylic oxidation sites excluding steroid dienone is 3. The monoisotopic (exact) mass is 592 g/mol. The molecular weight excluding hydrogens is 540 g/mol. The van der Waals surface area contributed by atoms with E-state index in [0.29, 0.717) is 17.8 Å². The molecule has 3 unspecified atom stereocenters. The van der Waals surface area contributed by atoms with E-state index in [0.717, 1.165) is 90.1 Å². The third-order valence-electron chi connectivity index (χ3n) is 11.8. The van der Waals surface area contributed by atoms with Crippen LogP contribution in [0.2, 0.25) is 0 Å². The molecular formula is C33H52O7S. The molecule has 10 atom stereocenters. The lowest BCUT2D eigenvalue weighted by molar-refractivity contribution is -0.242. The van der Waals surface area contributed by atoms with Crippen LogP contribution in [0.25, 0.3) is 0 Å². The summed E-state index contributed by atoms with van der Waals surface area (Å²) >= 11 is 0. The van der Waals surface area contributed by atoms with E-state index in [4.69, 9.17) is 23.1 Å². The van der Waals surface area contributed by atoms with Gasteiger partial charge in [-0.3, -0.25) is 4.18 Å². The molecule has 2 heterocycles. The maximum atomic E-state index is 11.7. The first-order chi connectivity index (χ1) is 19.6. The van der Waals surface area contributed by atoms with Crippen molar-refractivity contribution in [3.63, 3.8) is 0 Å². The van der Waals surface area contributed by atoms with Crippen molar-refractivity contribution in [2.45, 2.75) is 123 Å². The van der Waals surface area contributed by atoms with E-state index in [1.54, 1.807) is 5.57 Å². The normalized spacial score (nSPS) is 43.8. The first-order valence-corrected chi connectivity index (χ1v) is 18.2. The molecule has 0 spiro atoms. The van der Waals surface area contributed by atoms with Crippen molar-refractivity contribution in [2.24, 2.45) is 34.5 Å². The van der Waals surface area contributed by atoms with E-state index in [1.807, 2.05) is 0 Å². The minimum Gasteiger partial charge on any atom is -0.353 e. The van der Waals surface area contributed by atoms with E-state index in [2.05, 4.69) is 32.9 Å². The summed E-state index contributed by atoms with van der Waals surface area (Å²) in [7, 11) is -3.43. The summed E-state index contributed by atoms with van der Waals surface area (Å²) < 4.78 is 54.3. The van der Waals surface area contributed by atoms with Crippen molar-refractivity contribution >= 4 is 10.1 Å². The Labute approximate surface area is 247 Å². The number of rotatable bonds is 8. The van der Waals surface area contributed by atoms with Gasteiger partial charge in [0.05, 0.1) is 25.1 Å². The molecule has 7 nitrogen and oxygen atoms in total. The maximum absolute atomic E-state index is 11.7. The van der Waals surface area contributed by atoms with Crippen LogP contribution in [-0.4, -0.2) is 59.3 Å². The number of fused-ring (bicyclic) bond motifs is 5. The molecule has 8 heteroatoms. The zero-order valence-corrected chi connectivity index (χ0v) is 26.5. The molecule has 6 aliphatic rings. The topological polar surface area (TPSA) is 80.3 Å². The molecule has 0 amide bonds. The van der Waals surface area contributed by atoms with Crippen LogP contribution in [0, 0.1) is 34.5 Å². The van der Waals surface area contributed by atoms with Gasteiger partial charge in [-0.1, -0.05) is 44.1 Å². The third-order valence-corrected chi connectivity index (χ3v) is 12.4. The highest BCUT2D eigenvalue weighted by molar-refractivity contribution is 7.85. The summed E-state index contributed by atoms with van der Waals surface area (Å²) in [6.07, 6.45) is 18.8. The van der Waals surface area contributed by atoms with E-state index >= 15 is 0 Å². The third kappa shape index (κ3) is 6.00. The van der Waals surface area contributed by atoms with E-state index in [9.17, 15) is 8.42 Å². The van der Waals surface area contributed by atoms with Gasteiger partial charge in [-0.25, -0.2) is 0 Å². The molecule has 5 fully saturated rings. The van der Waals surface area contributed by atoms with Gasteiger partial charge in [0.15, 0.2) is 12.6 Å². The molecule has 6 rings (SSSR count). The molecule has 3 saturated carbocycles. The molecule has 41 heavy (non-hydrogen) atoms. The Hall–Kier alpha value is -0.770. The predicted octanol–water partition coefficient (Wildman–Crippen LogP) is 6.53. The first kappa shape index (κ1) is 30.3. The Balaban J connectivity index is 1.25. The number of hydrogen-bond donors (Lipinski definition) is 0. The summed E-state index contributed by atoms with van der Waals surface area (Å²) in [4.78, 5) is 0. The zero-order chi connectivity index (χ0) is 28.8. The molecule has 0 aromatic heterocycles. The quantitative estimate of drug-likeness (QED) is 0.297. The average Bonchev–Trinajstić information content (AvgIpc) is 3.30. The van der Waals surface area contributed by atoms with E-state index in [-0.39, 0.29) is 48.1 Å². The van der Waals surface area contributed by atoms with Gasteiger partial charge in [0.2, 0.25) is 0 Å². The molecule has 0 radical (unpaired) electrons. The molecule has 232 valence electrons. The maximum Gasteiger partial charge on any atom is 0.264 e. The largest absolute Gasteiger partial charge is 0.353 e. The second kappa shape index (κ2) is 12.0. The minimum absolute atomic E-state index is 0.0385. The van der Waals surface area contributed by atoms with Gasteiger partial charge < -0.3 is 18.9 Å². The summed E-state index contributed by atoms with van der Waals surface area (Å²) in [5, 5.41) is 0. The van der Waals surface area contributed by atoms with Crippen LogP contribution in [0.4, 0.5) is 0 Å². The molecule has 0 aromatic carbocycles. The first-order valence-electron chi connectivity index (χ1n) is 16.4. The SMILES string of the molecule is CC(COS(C)(=O)=O)[C@H]1CC[C@H]2C3=CC=C4C[C@@H](OC5CCCCO5)C[C@H](OC5CCCCO5)[C@]4(C)[C@H]3CC[C@]12C. The molecule has 0 aromatic rings. The fourth-order valence-electron chi connectivity index (χ4n) is 9.66. The van der Waals surface area contributed by atoms with Crippen molar-refractivity contribution in [3.8, 4) is 0 Å². The fourth-order valence-corrected chi connectivity index (χ4v) is 10.1. The zero-order valence-electron chi connectivity index (χ0n) is 25.6. The van der Waals surface area contributed by atoms with Gasteiger partial charge in [0.1, 0.15) is 0 Å². The number of ether oxygens (including phenoxy) is 4. The highest BCUT2D eigenvalue weighted by Gasteiger charge is 2.60. The molecule has 2 saturated heterocycles. The van der Waals surface area contributed by atoms with Gasteiger partial charge in [0.25, 0.3) is 10.1 Å². The van der Waals surface area contributed by atoms with Gasteiger partial charge >= 0.3 is 0 Å². The second-order valence-corrected chi connectivity index (χ2v) is 16.0. The van der Waals surface area contributed by atoms with E-state index < -0.39 is 10.1 Å². The second-order valence-electron chi connectivity index (χ2n) is 14.4. The number of hydrogen-bond acceptors (Lipinski definition) is 7. The van der Waals surface area contributed by atoms with Crippen LogP contribution in [0.3, 0.4) is 0 Å². The van der Waals surface area contributed by atoms with Crippen LogP contribution in [0.15, 0.2) is 23.3 Å². The lowest BCUT2D eigenvalue weighted by Crippen LogP contribution is -2.55. The van der Waals surface area contributed by atoms with Gasteiger partial charge in [-0.15, -0.1) is 0 Å². The molecule has 0 bridgehead atoms. The molecule has 0 N–H and O–H groups in total. The van der Waals surface area contributed by atoms with Crippen molar-refractivity contribution in [1.29, 1.82) is 0 Å². The van der Waals surface area contributed by atoms with Crippen molar-refractivity contribution < 1.29 is 31.5 Å². The average molecular weight is 593 g/mol. The molecule has 4 aliphatic carbocycles. The van der Waals surface area contributed by atoms with Crippen LogP contribution in [0.1, 0.15) is 97.8 Å². The van der Waals surface area contributed by atoms with E-state index in [1.165, 1.54) is 12.0 Å². The van der Waals surface area contributed by atoms with Gasteiger partial charge in [0, 0.05) is 25.0 Å². The van der Waals surface area contributed by atoms with Crippen molar-refractivity contribution in [2.75, 3.05) is 26.1 Å². The summed E-state index contributed by atoms with van der Waals surface area (Å²) in [5.74, 6) is 1.62. The summed E-state index contributed by atoms with van der Waals surface area (Å²) in [6, 6.07) is 0. The standard InChI is InChI=1S/C33H52O7S/c1-22(21-38-41(4,34)35)26-13-14-27-25-12-11-23-19-24(39-30-9-5-7-17-36-30)20-29(40-31-10-6-8-18-37-31)33(23,3)28(25)15-16-32(26,27)2/h11-12,22,24,26-31H,5-10,13-21H2,1-4H3/t22?,24-,26-,27+,28+,29+,30?,31?,32-,33+/m1/s1. The van der Waals surface area contributed by atoms with Crippen LogP contribution in [0.5, 0.6) is 0 Å². The van der Waals surface area contributed by atoms with Gasteiger partial charge in [-0.05, 0) is 99.7 Å². The van der Waals surface area contributed by atoms with Crippen molar-refractivity contribution in [1.82, 2.24) is 0 Å². The van der Waals surface area contributed by atoms with Crippen LogP contribution >= 0.6 is 0 Å². The summed E-state index contributed by atoms with van der Waals surface area (Å²) in [5.41, 5.74) is 3.14. The predicted molar refractivity (Wildman–Crippen MR) is 157 cm³/mol. The Morgan fingerprint density at radius 1 is 0.927 bits per heavy atom. The molecule has 2 aliphatic heterocycles. The fraction of sp³-hybridized carbons (Fsp3) is 0.879. The Kier molecular flexibility index (Phi) is 8.83. The minimum atomic E-state index is -3.43. The van der Waals surface area contributed by atoms with Crippen LogP contribution < -0.4 is 0 Å². The highest BCUT2D eigenvalue weighted by atomic mass is 32.2. The Morgan fingerprint density at radius 3 is 2.29 bits per heavy atom. The summed E-state index contributed by atoms with van der Waals surface area (Å²) in [6.45, 7) is 8.96. The Bertz CT molecular complexity index is 1100. The highest BCUT2D eigenvalue weighted by Crippen LogP contribution is 2.66. The lowest BCUT2D eigenvalue weighted by atomic mass is 9.49. The van der Waals surface area contributed by atoms with Gasteiger partial charge in [-0.2, -0.15) is 8.42 Å². The van der Waals surface area contributed by atoms with Crippen molar-refractivity contribution in [3.05, 3.63) is 23.3 Å². The Morgan fingerprint density at radius 2 is 1.63 bits per heavy atom. The smallest absolute Gasteiger partial charge is 0.264 e.